The number of carbonyl (C=O) groups is 1. The normalized spacial score (nSPS) is 16.7. The Kier molecular flexibility index (Phi) is 6.15. The Morgan fingerprint density at radius 2 is 1.81 bits per heavy atom. The van der Waals surface area contributed by atoms with E-state index in [1.54, 1.807) is 0 Å². The first kappa shape index (κ1) is 22.3. The van der Waals surface area contributed by atoms with Gasteiger partial charge in [-0.1, -0.05) is 37.0 Å². The van der Waals surface area contributed by atoms with Gasteiger partial charge >= 0.3 is 0 Å². The van der Waals surface area contributed by atoms with Gasteiger partial charge in [-0.15, -0.1) is 0 Å². The topological polar surface area (TPSA) is 34.9 Å². The van der Waals surface area contributed by atoms with Gasteiger partial charge in [-0.05, 0) is 72.9 Å². The number of hydrogen-bond acceptors (Lipinski definition) is 2. The molecular weight excluding hydrogens is 434 g/mol. The van der Waals surface area contributed by atoms with Crippen molar-refractivity contribution in [3.8, 4) is 0 Å². The van der Waals surface area contributed by atoms with E-state index in [9.17, 15) is 9.18 Å². The second kappa shape index (κ2) is 8.55. The zero-order chi connectivity index (χ0) is 22.3. The Morgan fingerprint density at radius 3 is 2.45 bits per heavy atom. The van der Waals surface area contributed by atoms with Crippen molar-refractivity contribution in [3.63, 3.8) is 0 Å². The van der Waals surface area contributed by atoms with Crippen molar-refractivity contribution >= 4 is 40.0 Å². The van der Waals surface area contributed by atoms with Gasteiger partial charge in [-0.2, -0.15) is 0 Å². The van der Waals surface area contributed by atoms with E-state index in [1.807, 2.05) is 29.8 Å². The quantitative estimate of drug-likeness (QED) is 0.371. The summed E-state index contributed by atoms with van der Waals surface area (Å²) in [6.07, 6.45) is 5.58. The molecule has 1 aromatic heterocycles. The number of Topliss-reactive ketones (excluding diaryl/α,β-unsaturated/α-hetero) is 1. The number of imidazole rings is 1. The molecule has 0 unspecified atom stereocenters. The summed E-state index contributed by atoms with van der Waals surface area (Å²) in [4.78, 5) is 17.6. The van der Waals surface area contributed by atoms with Crippen LogP contribution < -0.4 is 0 Å². The second-order valence-electron chi connectivity index (χ2n) is 9.55. The number of benzene rings is 2. The molecule has 1 aliphatic carbocycles. The fraction of sp³-hybridized carbons (Fsp3) is 0.440. The molecule has 1 fully saturated rings. The van der Waals surface area contributed by atoms with Crippen molar-refractivity contribution < 1.29 is 9.18 Å². The van der Waals surface area contributed by atoms with Crippen molar-refractivity contribution in [2.45, 2.75) is 52.4 Å². The summed E-state index contributed by atoms with van der Waals surface area (Å²) >= 11 is 12.4. The van der Waals surface area contributed by atoms with Crippen LogP contribution in [0.15, 0.2) is 30.3 Å². The number of carbonyl (C=O) groups excluding carboxylic acids is 1. The summed E-state index contributed by atoms with van der Waals surface area (Å²) in [5.41, 5.74) is 3.45. The van der Waals surface area contributed by atoms with E-state index in [1.165, 1.54) is 25.0 Å². The van der Waals surface area contributed by atoms with Crippen molar-refractivity contribution in [2.75, 3.05) is 0 Å². The van der Waals surface area contributed by atoms with Crippen LogP contribution in [0, 0.1) is 17.2 Å². The summed E-state index contributed by atoms with van der Waals surface area (Å²) in [5.74, 6) is 0.944. The molecule has 0 bridgehead atoms. The summed E-state index contributed by atoms with van der Waals surface area (Å²) in [6.45, 7) is 4.62. The minimum atomic E-state index is -0.464. The van der Waals surface area contributed by atoms with Gasteiger partial charge in [-0.25, -0.2) is 9.37 Å². The van der Waals surface area contributed by atoms with Crippen LogP contribution in [0.2, 0.25) is 10.0 Å². The van der Waals surface area contributed by atoms with Crippen molar-refractivity contribution in [1.29, 1.82) is 0 Å². The molecule has 6 heteroatoms. The lowest BCUT2D eigenvalue weighted by atomic mass is 9.72. The smallest absolute Gasteiger partial charge is 0.163 e. The third kappa shape index (κ3) is 4.80. The van der Waals surface area contributed by atoms with Gasteiger partial charge < -0.3 is 4.57 Å². The van der Waals surface area contributed by atoms with Gasteiger partial charge in [0.25, 0.3) is 0 Å². The summed E-state index contributed by atoms with van der Waals surface area (Å²) < 4.78 is 15.5. The van der Waals surface area contributed by atoms with Crippen LogP contribution in [0.3, 0.4) is 0 Å². The van der Waals surface area contributed by atoms with Gasteiger partial charge in [0.15, 0.2) is 5.78 Å². The largest absolute Gasteiger partial charge is 0.331 e. The molecule has 3 nitrogen and oxygen atoms in total. The molecule has 2 aromatic carbocycles. The van der Waals surface area contributed by atoms with E-state index >= 15 is 0 Å². The number of aryl methyl sites for hydroxylation is 1. The van der Waals surface area contributed by atoms with Gasteiger partial charge in [0.05, 0.1) is 11.0 Å². The number of fused-ring (bicyclic) bond motifs is 1. The maximum absolute atomic E-state index is 13.5. The highest BCUT2D eigenvalue weighted by molar-refractivity contribution is 6.36. The summed E-state index contributed by atoms with van der Waals surface area (Å²) in [6, 6.07) is 8.22. The maximum Gasteiger partial charge on any atom is 0.163 e. The van der Waals surface area contributed by atoms with Crippen LogP contribution in [0.25, 0.3) is 11.0 Å². The van der Waals surface area contributed by atoms with E-state index in [4.69, 9.17) is 28.2 Å². The zero-order valence-corrected chi connectivity index (χ0v) is 19.7. The highest BCUT2D eigenvalue weighted by Gasteiger charge is 2.28. The number of aromatic nitrogens is 2. The highest BCUT2D eigenvalue weighted by Crippen LogP contribution is 2.39. The first-order valence-corrected chi connectivity index (χ1v) is 11.5. The van der Waals surface area contributed by atoms with E-state index in [-0.39, 0.29) is 15.8 Å². The third-order valence-electron chi connectivity index (χ3n) is 6.67. The molecule has 1 heterocycles. The van der Waals surface area contributed by atoms with Gasteiger partial charge in [0.1, 0.15) is 11.6 Å². The lowest BCUT2D eigenvalue weighted by molar-refractivity contribution is 0.0925. The van der Waals surface area contributed by atoms with Crippen LogP contribution in [-0.4, -0.2) is 15.3 Å². The van der Waals surface area contributed by atoms with Crippen LogP contribution in [-0.2, 0) is 13.5 Å². The molecule has 0 spiro atoms. The minimum absolute atomic E-state index is 0.184. The van der Waals surface area contributed by atoms with Crippen LogP contribution >= 0.6 is 23.2 Å². The maximum atomic E-state index is 13.5. The van der Waals surface area contributed by atoms with Gasteiger partial charge in [0.2, 0.25) is 0 Å². The molecule has 0 aliphatic heterocycles. The SMILES string of the molecule is Cn1c(Cc2c(Cl)cc(F)cc2Cl)nc2cc(C(=O)CC3CCC(C)(C)CC3)ccc21. The number of hydrogen-bond donors (Lipinski definition) is 0. The van der Waals surface area contributed by atoms with Crippen LogP contribution in [0.5, 0.6) is 0 Å². The molecule has 4 rings (SSSR count). The van der Waals surface area contributed by atoms with Crippen molar-refractivity contribution in [1.82, 2.24) is 9.55 Å². The Balaban J connectivity index is 1.54. The minimum Gasteiger partial charge on any atom is -0.331 e. The Labute approximate surface area is 192 Å². The first-order valence-electron chi connectivity index (χ1n) is 10.7. The summed E-state index contributed by atoms with van der Waals surface area (Å²) in [5, 5.41) is 0.562. The van der Waals surface area contributed by atoms with Crippen LogP contribution in [0.1, 0.15) is 67.7 Å². The molecule has 0 amide bonds. The van der Waals surface area contributed by atoms with E-state index in [0.717, 1.165) is 29.7 Å². The third-order valence-corrected chi connectivity index (χ3v) is 7.34. The van der Waals surface area contributed by atoms with Gasteiger partial charge in [-0.3, -0.25) is 4.79 Å². The molecule has 31 heavy (non-hydrogen) atoms. The first-order chi connectivity index (χ1) is 14.6. The predicted octanol–water partition coefficient (Wildman–Crippen LogP) is 7.40. The van der Waals surface area contributed by atoms with Crippen molar-refractivity contribution in [2.24, 2.45) is 18.4 Å². The fourth-order valence-electron chi connectivity index (χ4n) is 4.52. The number of nitrogens with zero attached hydrogens (tertiary/aromatic N) is 2. The molecule has 0 saturated heterocycles. The Morgan fingerprint density at radius 1 is 1.16 bits per heavy atom. The Bertz CT molecular complexity index is 1120. The average Bonchev–Trinajstić information content (AvgIpc) is 3.01. The Hall–Kier alpha value is -1.91. The molecular formula is C25H27Cl2FN2O. The fourth-order valence-corrected chi connectivity index (χ4v) is 5.12. The summed E-state index contributed by atoms with van der Waals surface area (Å²) in [7, 11) is 1.92. The molecule has 3 aromatic rings. The standard InChI is InChI=1S/C25H27Cl2FN2O/c1-25(2)8-6-15(7-9-25)10-23(31)16-4-5-22-21(11-16)29-24(30(22)3)14-18-19(26)12-17(28)13-20(18)27/h4-5,11-13,15H,6-10,14H2,1-3H3. The highest BCUT2D eigenvalue weighted by atomic mass is 35.5. The van der Waals surface area contributed by atoms with Crippen molar-refractivity contribution in [3.05, 3.63) is 63.1 Å². The monoisotopic (exact) mass is 460 g/mol. The van der Waals surface area contributed by atoms with Gasteiger partial charge in [0, 0.05) is 35.5 Å². The average molecular weight is 461 g/mol. The molecule has 1 aliphatic rings. The molecule has 1 saturated carbocycles. The number of rotatable bonds is 5. The molecule has 164 valence electrons. The van der Waals surface area contributed by atoms with E-state index < -0.39 is 5.82 Å². The van der Waals surface area contributed by atoms with E-state index in [0.29, 0.717) is 35.3 Å². The lowest BCUT2D eigenvalue weighted by Gasteiger charge is -2.34. The van der Waals surface area contributed by atoms with Crippen LogP contribution in [0.4, 0.5) is 4.39 Å². The zero-order valence-electron chi connectivity index (χ0n) is 18.1. The number of ketones is 1. The molecule has 0 radical (unpaired) electrons. The number of halogens is 3. The predicted molar refractivity (Wildman–Crippen MR) is 125 cm³/mol. The molecule has 0 atom stereocenters. The lowest BCUT2D eigenvalue weighted by Crippen LogP contribution is -2.22. The van der Waals surface area contributed by atoms with E-state index in [2.05, 4.69) is 13.8 Å². The molecule has 0 N–H and O–H groups in total. The second-order valence-corrected chi connectivity index (χ2v) is 10.4.